The zero-order valence-corrected chi connectivity index (χ0v) is 12.7. The Morgan fingerprint density at radius 1 is 1.25 bits per heavy atom. The predicted octanol–water partition coefficient (Wildman–Crippen LogP) is 3.02. The van der Waals surface area contributed by atoms with Crippen LogP contribution in [0.15, 0.2) is 37.4 Å². The van der Waals surface area contributed by atoms with Gasteiger partial charge >= 0.3 is 0 Å². The monoisotopic (exact) mass is 275 g/mol. The number of aliphatic hydroxyl groups excluding tert-OH is 1. The second-order valence-corrected chi connectivity index (χ2v) is 5.02. The molecule has 0 radical (unpaired) electrons. The van der Waals surface area contributed by atoms with Crippen molar-refractivity contribution in [3.8, 4) is 5.75 Å². The summed E-state index contributed by atoms with van der Waals surface area (Å²) in [6.07, 6.45) is 3.06. The lowest BCUT2D eigenvalue weighted by molar-refractivity contribution is 0.122. The van der Waals surface area contributed by atoms with Gasteiger partial charge in [-0.2, -0.15) is 0 Å². The molecule has 0 amide bonds. The normalized spacial score (nSPS) is 12.2. The third-order valence-electron chi connectivity index (χ3n) is 3.22. The number of aryl methyl sites for hydroxylation is 2. The third kappa shape index (κ3) is 4.22. The summed E-state index contributed by atoms with van der Waals surface area (Å²) in [6, 6.07) is 4.04. The Kier molecular flexibility index (Phi) is 6.49. The van der Waals surface area contributed by atoms with Crippen molar-refractivity contribution in [3.05, 3.63) is 54.1 Å². The molecule has 0 spiro atoms. The van der Waals surface area contributed by atoms with Crippen molar-refractivity contribution in [1.82, 2.24) is 4.90 Å². The minimum absolute atomic E-state index is 0.525. The number of hydrogen-bond acceptors (Lipinski definition) is 3. The van der Waals surface area contributed by atoms with Crippen molar-refractivity contribution in [2.24, 2.45) is 0 Å². The highest BCUT2D eigenvalue weighted by atomic mass is 16.5. The fraction of sp³-hybridized carbons (Fsp3) is 0.412. The molecule has 0 fully saturated rings. The van der Waals surface area contributed by atoms with Gasteiger partial charge < -0.3 is 9.84 Å². The van der Waals surface area contributed by atoms with Gasteiger partial charge in [0.15, 0.2) is 0 Å². The van der Waals surface area contributed by atoms with Crippen LogP contribution in [0.4, 0.5) is 0 Å². The SMILES string of the molecule is C=CCN(CC=C)CC(O)c1cc(C)cc(C)c1OC. The van der Waals surface area contributed by atoms with E-state index >= 15 is 0 Å². The van der Waals surface area contributed by atoms with Crippen molar-refractivity contribution < 1.29 is 9.84 Å². The average Bonchev–Trinajstić information content (AvgIpc) is 2.38. The fourth-order valence-corrected chi connectivity index (χ4v) is 2.45. The van der Waals surface area contributed by atoms with Crippen LogP contribution < -0.4 is 4.74 Å². The first-order chi connectivity index (χ1) is 9.53. The molecule has 110 valence electrons. The molecule has 0 saturated carbocycles. The molecular weight excluding hydrogens is 250 g/mol. The molecule has 20 heavy (non-hydrogen) atoms. The Bertz CT molecular complexity index is 458. The maximum atomic E-state index is 10.5. The van der Waals surface area contributed by atoms with E-state index in [4.69, 9.17) is 4.74 Å². The van der Waals surface area contributed by atoms with Crippen molar-refractivity contribution >= 4 is 0 Å². The van der Waals surface area contributed by atoms with Gasteiger partial charge in [-0.1, -0.05) is 23.8 Å². The molecule has 0 aliphatic heterocycles. The first-order valence-electron chi connectivity index (χ1n) is 6.80. The zero-order chi connectivity index (χ0) is 15.1. The van der Waals surface area contributed by atoms with Crippen molar-refractivity contribution in [3.63, 3.8) is 0 Å². The Morgan fingerprint density at radius 2 is 1.85 bits per heavy atom. The van der Waals surface area contributed by atoms with Gasteiger partial charge in [-0.05, 0) is 25.5 Å². The number of aliphatic hydroxyl groups is 1. The molecule has 3 heteroatoms. The van der Waals surface area contributed by atoms with E-state index in [-0.39, 0.29) is 0 Å². The summed E-state index contributed by atoms with van der Waals surface area (Å²) in [4.78, 5) is 2.09. The summed E-state index contributed by atoms with van der Waals surface area (Å²) < 4.78 is 5.43. The summed E-state index contributed by atoms with van der Waals surface area (Å²) >= 11 is 0. The lowest BCUT2D eigenvalue weighted by atomic mass is 10.0. The first kappa shape index (κ1) is 16.5. The number of hydrogen-bond donors (Lipinski definition) is 1. The van der Waals surface area contributed by atoms with Gasteiger partial charge in [-0.25, -0.2) is 0 Å². The summed E-state index contributed by atoms with van der Waals surface area (Å²) in [7, 11) is 1.64. The Morgan fingerprint density at radius 3 is 2.35 bits per heavy atom. The first-order valence-corrected chi connectivity index (χ1v) is 6.80. The predicted molar refractivity (Wildman–Crippen MR) is 84.3 cm³/mol. The standard InChI is InChI=1S/C17H25NO2/c1-6-8-18(9-7-2)12-16(19)15-11-13(3)10-14(4)17(15)20-5/h6-7,10-11,16,19H,1-2,8-9,12H2,3-5H3. The van der Waals surface area contributed by atoms with Crippen LogP contribution in [0.3, 0.4) is 0 Å². The lowest BCUT2D eigenvalue weighted by Gasteiger charge is -2.24. The highest BCUT2D eigenvalue weighted by Crippen LogP contribution is 2.30. The molecule has 0 aromatic heterocycles. The molecule has 1 aromatic carbocycles. The number of rotatable bonds is 8. The lowest BCUT2D eigenvalue weighted by Crippen LogP contribution is -2.29. The largest absolute Gasteiger partial charge is 0.496 e. The van der Waals surface area contributed by atoms with Crippen molar-refractivity contribution in [2.75, 3.05) is 26.7 Å². The van der Waals surface area contributed by atoms with E-state index in [9.17, 15) is 5.11 Å². The fourth-order valence-electron chi connectivity index (χ4n) is 2.45. The summed E-state index contributed by atoms with van der Waals surface area (Å²) in [5.74, 6) is 0.764. The second-order valence-electron chi connectivity index (χ2n) is 5.02. The van der Waals surface area contributed by atoms with Crippen LogP contribution in [0.5, 0.6) is 5.75 Å². The molecule has 1 aromatic rings. The van der Waals surface area contributed by atoms with Gasteiger partial charge in [0.05, 0.1) is 13.2 Å². The summed E-state index contributed by atoms with van der Waals surface area (Å²) in [6.45, 7) is 13.5. The smallest absolute Gasteiger partial charge is 0.127 e. The van der Waals surface area contributed by atoms with Crippen LogP contribution >= 0.6 is 0 Å². The maximum absolute atomic E-state index is 10.5. The summed E-state index contributed by atoms with van der Waals surface area (Å²) in [5, 5.41) is 10.5. The zero-order valence-electron chi connectivity index (χ0n) is 12.7. The Labute approximate surface area is 122 Å². The van der Waals surface area contributed by atoms with E-state index < -0.39 is 6.10 Å². The minimum Gasteiger partial charge on any atom is -0.496 e. The van der Waals surface area contributed by atoms with Gasteiger partial charge in [0, 0.05) is 25.2 Å². The van der Waals surface area contributed by atoms with Gasteiger partial charge in [0.2, 0.25) is 0 Å². The molecule has 0 aliphatic rings. The third-order valence-corrected chi connectivity index (χ3v) is 3.22. The van der Waals surface area contributed by atoms with E-state index in [1.54, 1.807) is 7.11 Å². The van der Waals surface area contributed by atoms with Crippen LogP contribution in [-0.2, 0) is 0 Å². The number of nitrogens with zero attached hydrogens (tertiary/aromatic N) is 1. The van der Waals surface area contributed by atoms with Gasteiger partial charge in [0.25, 0.3) is 0 Å². The topological polar surface area (TPSA) is 32.7 Å². The minimum atomic E-state index is -0.594. The molecule has 0 aliphatic carbocycles. The number of ether oxygens (including phenoxy) is 1. The highest BCUT2D eigenvalue weighted by Gasteiger charge is 2.18. The number of benzene rings is 1. The van der Waals surface area contributed by atoms with Gasteiger partial charge in [-0.3, -0.25) is 4.90 Å². The number of methoxy groups -OCH3 is 1. The molecule has 0 heterocycles. The van der Waals surface area contributed by atoms with Crippen molar-refractivity contribution in [2.45, 2.75) is 20.0 Å². The van der Waals surface area contributed by atoms with Crippen LogP contribution in [0.25, 0.3) is 0 Å². The van der Waals surface area contributed by atoms with Gasteiger partial charge in [-0.15, -0.1) is 13.2 Å². The molecule has 1 rings (SSSR count). The highest BCUT2D eigenvalue weighted by molar-refractivity contribution is 5.45. The molecule has 0 bridgehead atoms. The van der Waals surface area contributed by atoms with E-state index in [0.717, 1.165) is 35.5 Å². The van der Waals surface area contributed by atoms with E-state index in [1.165, 1.54) is 0 Å². The molecule has 1 atom stereocenters. The van der Waals surface area contributed by atoms with Crippen LogP contribution in [0, 0.1) is 13.8 Å². The Hall–Kier alpha value is -1.58. The molecule has 1 unspecified atom stereocenters. The average molecular weight is 275 g/mol. The van der Waals surface area contributed by atoms with Gasteiger partial charge in [0.1, 0.15) is 5.75 Å². The van der Waals surface area contributed by atoms with E-state index in [1.807, 2.05) is 32.1 Å². The van der Waals surface area contributed by atoms with Crippen molar-refractivity contribution in [1.29, 1.82) is 0 Å². The Balaban J connectivity index is 2.98. The molecule has 3 nitrogen and oxygen atoms in total. The van der Waals surface area contributed by atoms with Crippen LogP contribution in [0.2, 0.25) is 0 Å². The summed E-state index contributed by atoms with van der Waals surface area (Å²) in [5.41, 5.74) is 3.00. The molecule has 0 saturated heterocycles. The maximum Gasteiger partial charge on any atom is 0.127 e. The second kappa shape index (κ2) is 7.88. The quantitative estimate of drug-likeness (QED) is 0.740. The van der Waals surface area contributed by atoms with E-state index in [2.05, 4.69) is 24.1 Å². The molecular formula is C17H25NO2. The molecule has 1 N–H and O–H groups in total. The van der Waals surface area contributed by atoms with Crippen LogP contribution in [-0.4, -0.2) is 36.8 Å². The van der Waals surface area contributed by atoms with Crippen LogP contribution in [0.1, 0.15) is 22.8 Å². The van der Waals surface area contributed by atoms with E-state index in [0.29, 0.717) is 6.54 Å².